The number of rotatable bonds is 8. The molecule has 4 rings (SSSR count). The van der Waals surface area contributed by atoms with Gasteiger partial charge in [0, 0.05) is 50.6 Å². The quantitative estimate of drug-likeness (QED) is 0.545. The van der Waals surface area contributed by atoms with Crippen molar-refractivity contribution in [2.75, 3.05) is 26.3 Å². The number of nitrogens with one attached hydrogen (secondary N) is 2. The predicted molar refractivity (Wildman–Crippen MR) is 122 cm³/mol. The Balaban J connectivity index is 1.31. The first-order chi connectivity index (χ1) is 16.2. The lowest BCUT2D eigenvalue weighted by Gasteiger charge is -2.27. The molecule has 0 atom stereocenters. The maximum absolute atomic E-state index is 13.4. The van der Waals surface area contributed by atoms with Crippen LogP contribution in [0.3, 0.4) is 0 Å². The number of carbonyl (C=O) groups is 1. The van der Waals surface area contributed by atoms with E-state index in [2.05, 4.69) is 26.6 Å². The molecule has 1 aromatic heterocycles. The molecule has 0 spiro atoms. The standard InChI is InChI=1S/C25H27FN4O3/c26-22-8-3-9-23(15-22)33-24-20(7-4-10-27-24)17-29-25(31)28-16-19-5-1-2-6-21(19)18-30-11-13-32-14-12-30/h1-10,15H,11-14,16-18H2,(H2,28,29,31). The van der Waals surface area contributed by atoms with E-state index in [1.165, 1.54) is 17.7 Å². The molecule has 3 aromatic rings. The topological polar surface area (TPSA) is 75.7 Å². The zero-order chi connectivity index (χ0) is 22.9. The van der Waals surface area contributed by atoms with E-state index in [4.69, 9.17) is 9.47 Å². The number of benzene rings is 2. The molecule has 0 radical (unpaired) electrons. The maximum atomic E-state index is 13.4. The molecule has 0 unspecified atom stereocenters. The number of carbonyl (C=O) groups excluding carboxylic acids is 1. The van der Waals surface area contributed by atoms with Crippen LogP contribution in [0.4, 0.5) is 9.18 Å². The second-order valence-corrected chi connectivity index (χ2v) is 7.72. The Morgan fingerprint density at radius 2 is 1.70 bits per heavy atom. The van der Waals surface area contributed by atoms with Gasteiger partial charge in [0.25, 0.3) is 0 Å². The largest absolute Gasteiger partial charge is 0.439 e. The van der Waals surface area contributed by atoms with Crippen molar-refractivity contribution in [2.24, 2.45) is 0 Å². The summed E-state index contributed by atoms with van der Waals surface area (Å²) in [4.78, 5) is 19.0. The van der Waals surface area contributed by atoms with Crippen LogP contribution in [-0.2, 0) is 24.4 Å². The van der Waals surface area contributed by atoms with Crippen LogP contribution < -0.4 is 15.4 Å². The molecule has 7 nitrogen and oxygen atoms in total. The minimum Gasteiger partial charge on any atom is -0.439 e. The minimum atomic E-state index is -0.392. The molecule has 0 aliphatic carbocycles. The molecule has 2 amide bonds. The first-order valence-corrected chi connectivity index (χ1v) is 10.9. The molecule has 172 valence electrons. The number of ether oxygens (including phenoxy) is 2. The summed E-state index contributed by atoms with van der Waals surface area (Å²) in [6.07, 6.45) is 1.59. The van der Waals surface area contributed by atoms with E-state index in [1.807, 2.05) is 18.2 Å². The Bertz CT molecular complexity index is 1070. The third-order valence-electron chi connectivity index (χ3n) is 5.36. The van der Waals surface area contributed by atoms with Gasteiger partial charge in [-0.2, -0.15) is 0 Å². The summed E-state index contributed by atoms with van der Waals surface area (Å²) in [5.41, 5.74) is 2.96. The third kappa shape index (κ3) is 6.74. The van der Waals surface area contributed by atoms with Crippen LogP contribution in [0, 0.1) is 5.82 Å². The van der Waals surface area contributed by atoms with E-state index in [-0.39, 0.29) is 12.6 Å². The van der Waals surface area contributed by atoms with Gasteiger partial charge in [-0.25, -0.2) is 14.2 Å². The van der Waals surface area contributed by atoms with Gasteiger partial charge in [-0.1, -0.05) is 36.4 Å². The molecule has 8 heteroatoms. The Kier molecular flexibility index (Phi) is 7.84. The lowest BCUT2D eigenvalue weighted by atomic mass is 10.1. The summed E-state index contributed by atoms with van der Waals surface area (Å²) in [6.45, 7) is 4.80. The summed E-state index contributed by atoms with van der Waals surface area (Å²) >= 11 is 0. The molecule has 1 aliphatic heterocycles. The van der Waals surface area contributed by atoms with Gasteiger partial charge in [0.05, 0.1) is 13.2 Å². The Hall–Kier alpha value is -3.49. The second kappa shape index (κ2) is 11.4. The fourth-order valence-corrected chi connectivity index (χ4v) is 3.59. The van der Waals surface area contributed by atoms with Gasteiger partial charge in [0.1, 0.15) is 11.6 Å². The Labute approximate surface area is 192 Å². The first kappa shape index (κ1) is 22.7. The van der Waals surface area contributed by atoms with Gasteiger partial charge in [0.15, 0.2) is 0 Å². The van der Waals surface area contributed by atoms with Crippen molar-refractivity contribution >= 4 is 6.03 Å². The molecule has 2 N–H and O–H groups in total. The number of hydrogen-bond donors (Lipinski definition) is 2. The van der Waals surface area contributed by atoms with Crippen molar-refractivity contribution in [3.63, 3.8) is 0 Å². The molecule has 1 saturated heterocycles. The van der Waals surface area contributed by atoms with Gasteiger partial charge in [0.2, 0.25) is 5.88 Å². The van der Waals surface area contributed by atoms with Crippen LogP contribution in [0.25, 0.3) is 0 Å². The number of morpholine rings is 1. The van der Waals surface area contributed by atoms with E-state index in [9.17, 15) is 9.18 Å². The monoisotopic (exact) mass is 450 g/mol. The van der Waals surface area contributed by atoms with Gasteiger partial charge in [-0.05, 0) is 29.3 Å². The summed E-state index contributed by atoms with van der Waals surface area (Å²) in [5.74, 6) is 0.270. The van der Waals surface area contributed by atoms with Crippen LogP contribution in [0.2, 0.25) is 0 Å². The van der Waals surface area contributed by atoms with Gasteiger partial charge in [-0.3, -0.25) is 4.90 Å². The van der Waals surface area contributed by atoms with E-state index in [1.54, 1.807) is 30.5 Å². The Morgan fingerprint density at radius 1 is 0.970 bits per heavy atom. The molecule has 0 bridgehead atoms. The van der Waals surface area contributed by atoms with Crippen LogP contribution in [-0.4, -0.2) is 42.2 Å². The lowest BCUT2D eigenvalue weighted by Crippen LogP contribution is -2.37. The number of halogens is 1. The van der Waals surface area contributed by atoms with Crippen molar-refractivity contribution in [3.05, 3.63) is 89.4 Å². The summed E-state index contributed by atoms with van der Waals surface area (Å²) in [6, 6.07) is 17.2. The normalized spacial score (nSPS) is 14.0. The summed E-state index contributed by atoms with van der Waals surface area (Å²) in [5, 5.41) is 5.76. The number of hydrogen-bond acceptors (Lipinski definition) is 5. The number of amides is 2. The van der Waals surface area contributed by atoms with Crippen LogP contribution in [0.1, 0.15) is 16.7 Å². The molecule has 2 heterocycles. The SMILES string of the molecule is O=C(NCc1ccccc1CN1CCOCC1)NCc1cccnc1Oc1cccc(F)c1. The highest BCUT2D eigenvalue weighted by Crippen LogP contribution is 2.23. The number of pyridine rings is 1. The van der Waals surface area contributed by atoms with Crippen LogP contribution >= 0.6 is 0 Å². The smallest absolute Gasteiger partial charge is 0.315 e. The zero-order valence-electron chi connectivity index (χ0n) is 18.3. The highest BCUT2D eigenvalue weighted by Gasteiger charge is 2.13. The number of urea groups is 1. The molecule has 1 fully saturated rings. The predicted octanol–water partition coefficient (Wildman–Crippen LogP) is 3.84. The second-order valence-electron chi connectivity index (χ2n) is 7.72. The van der Waals surface area contributed by atoms with Crippen LogP contribution in [0.5, 0.6) is 11.6 Å². The van der Waals surface area contributed by atoms with Gasteiger partial charge < -0.3 is 20.1 Å². The van der Waals surface area contributed by atoms with Crippen molar-refractivity contribution in [2.45, 2.75) is 19.6 Å². The fourth-order valence-electron chi connectivity index (χ4n) is 3.59. The molecule has 0 saturated carbocycles. The van der Waals surface area contributed by atoms with Gasteiger partial charge in [-0.15, -0.1) is 0 Å². The first-order valence-electron chi connectivity index (χ1n) is 10.9. The number of nitrogens with zero attached hydrogens (tertiary/aromatic N) is 2. The molecule has 2 aromatic carbocycles. The maximum Gasteiger partial charge on any atom is 0.315 e. The van der Waals surface area contributed by atoms with E-state index >= 15 is 0 Å². The van der Waals surface area contributed by atoms with Crippen molar-refractivity contribution < 1.29 is 18.7 Å². The summed E-state index contributed by atoms with van der Waals surface area (Å²) in [7, 11) is 0. The van der Waals surface area contributed by atoms with E-state index < -0.39 is 5.82 Å². The minimum absolute atomic E-state index is 0.222. The Morgan fingerprint density at radius 3 is 2.48 bits per heavy atom. The highest BCUT2D eigenvalue weighted by atomic mass is 19.1. The average Bonchev–Trinajstić information content (AvgIpc) is 2.84. The van der Waals surface area contributed by atoms with Crippen molar-refractivity contribution in [1.29, 1.82) is 0 Å². The summed E-state index contributed by atoms with van der Waals surface area (Å²) < 4.78 is 24.6. The third-order valence-corrected chi connectivity index (χ3v) is 5.36. The van der Waals surface area contributed by atoms with Crippen molar-refractivity contribution in [1.82, 2.24) is 20.5 Å². The average molecular weight is 451 g/mol. The lowest BCUT2D eigenvalue weighted by molar-refractivity contribution is 0.0341. The van der Waals surface area contributed by atoms with Crippen LogP contribution in [0.15, 0.2) is 66.9 Å². The van der Waals surface area contributed by atoms with Crippen molar-refractivity contribution in [3.8, 4) is 11.6 Å². The van der Waals surface area contributed by atoms with E-state index in [0.29, 0.717) is 23.7 Å². The molecular formula is C25H27FN4O3. The van der Waals surface area contributed by atoms with Gasteiger partial charge >= 0.3 is 6.03 Å². The molecular weight excluding hydrogens is 423 g/mol. The number of aromatic nitrogens is 1. The zero-order valence-corrected chi connectivity index (χ0v) is 18.3. The molecule has 33 heavy (non-hydrogen) atoms. The molecule has 1 aliphatic rings. The highest BCUT2D eigenvalue weighted by molar-refractivity contribution is 5.73. The fraction of sp³-hybridized carbons (Fsp3) is 0.280. The van der Waals surface area contributed by atoms with E-state index in [0.717, 1.165) is 38.4 Å².